The fourth-order valence-electron chi connectivity index (χ4n) is 3.91. The quantitative estimate of drug-likeness (QED) is 0.478. The van der Waals surface area contributed by atoms with Gasteiger partial charge in [-0.3, -0.25) is 0 Å². The van der Waals surface area contributed by atoms with Crippen molar-refractivity contribution in [1.82, 2.24) is 15.0 Å². The Morgan fingerprint density at radius 2 is 2.07 bits per heavy atom. The molecule has 156 valence electrons. The number of hydrogen-bond donors (Lipinski definition) is 2. The maximum atomic E-state index is 6.03. The molecule has 2 aliphatic rings. The highest BCUT2D eigenvalue weighted by molar-refractivity contribution is 6.33. The number of rotatable bonds is 8. The van der Waals surface area contributed by atoms with Crippen molar-refractivity contribution in [2.75, 3.05) is 49.3 Å². The minimum atomic E-state index is 0.148. The number of methoxy groups -OCH3 is 1. The number of aromatic nitrogens is 3. The molecule has 0 bridgehead atoms. The van der Waals surface area contributed by atoms with E-state index in [0.717, 1.165) is 31.7 Å². The normalized spacial score (nSPS) is 17.7. The van der Waals surface area contributed by atoms with E-state index in [0.29, 0.717) is 53.5 Å². The molecule has 3 heterocycles. The fourth-order valence-corrected chi connectivity index (χ4v) is 4.20. The smallest absolute Gasteiger partial charge is 0.239 e. The molecule has 0 radical (unpaired) electrons. The number of ether oxygens (including phenoxy) is 2. The van der Waals surface area contributed by atoms with Crippen LogP contribution in [0.4, 0.5) is 17.3 Å². The minimum absolute atomic E-state index is 0.148. The molecule has 8 nitrogen and oxygen atoms in total. The van der Waals surface area contributed by atoms with Crippen molar-refractivity contribution in [2.45, 2.75) is 25.4 Å². The molecule has 2 aromatic heterocycles. The third kappa shape index (κ3) is 4.44. The molecule has 10 heteroatoms. The number of nitrogens with zero attached hydrogens (tertiary/aromatic N) is 4. The highest BCUT2D eigenvalue weighted by atomic mass is 35.5. The Kier molecular flexibility index (Phi) is 5.85. The highest BCUT2D eigenvalue weighted by Crippen LogP contribution is 2.50. The van der Waals surface area contributed by atoms with Gasteiger partial charge in [-0.25, -0.2) is 4.98 Å². The van der Waals surface area contributed by atoms with Gasteiger partial charge in [-0.1, -0.05) is 11.6 Å². The molecule has 0 unspecified atom stereocenters. The van der Waals surface area contributed by atoms with Gasteiger partial charge in [-0.2, -0.15) is 9.97 Å². The molecule has 2 aromatic rings. The Balaban J connectivity index is 1.24. The molecule has 1 saturated carbocycles. The lowest BCUT2D eigenvalue weighted by atomic mass is 9.62. The number of hydrogen-bond acceptors (Lipinski definition) is 8. The van der Waals surface area contributed by atoms with Gasteiger partial charge in [0.15, 0.2) is 0 Å². The Bertz CT molecular complexity index is 870. The van der Waals surface area contributed by atoms with E-state index in [1.54, 1.807) is 7.11 Å². The summed E-state index contributed by atoms with van der Waals surface area (Å²) < 4.78 is 11.2. The van der Waals surface area contributed by atoms with Crippen LogP contribution in [0.1, 0.15) is 19.3 Å². The molecule has 0 atom stereocenters. The number of pyridine rings is 1. The molecular weight excluding hydrogens is 415 g/mol. The van der Waals surface area contributed by atoms with Crippen molar-refractivity contribution in [2.24, 2.45) is 5.41 Å². The van der Waals surface area contributed by atoms with E-state index in [1.165, 1.54) is 6.20 Å². The second-order valence-electron chi connectivity index (χ2n) is 7.65. The molecule has 1 saturated heterocycles. The SMILES string of the molecule is COC1CC2(C1)CN(c1ccc(N)c(OCCCNc3nc(Cl)ncc3Cl)n1)C2. The first kappa shape index (κ1) is 20.3. The summed E-state index contributed by atoms with van der Waals surface area (Å²) in [6.45, 7) is 3.09. The number of anilines is 3. The van der Waals surface area contributed by atoms with Crippen molar-refractivity contribution in [3.05, 3.63) is 28.6 Å². The molecule has 2 fully saturated rings. The Morgan fingerprint density at radius 1 is 1.28 bits per heavy atom. The first-order valence-electron chi connectivity index (χ1n) is 9.57. The summed E-state index contributed by atoms with van der Waals surface area (Å²) in [7, 11) is 1.78. The van der Waals surface area contributed by atoms with Crippen LogP contribution in [0.15, 0.2) is 18.3 Å². The monoisotopic (exact) mass is 438 g/mol. The highest BCUT2D eigenvalue weighted by Gasteiger charge is 2.52. The molecule has 0 amide bonds. The molecule has 1 aliphatic carbocycles. The standard InChI is InChI=1S/C19H24Cl2N6O2/c1-28-12-7-19(8-12)10-27(11-19)15-4-3-14(22)17(25-15)29-6-2-5-23-16-13(20)9-24-18(21)26-16/h3-4,9,12H,2,5-8,10-11,22H2,1H3,(H,23,24,26). The molecule has 1 spiro atoms. The van der Waals surface area contributed by atoms with E-state index in [1.807, 2.05) is 12.1 Å². The van der Waals surface area contributed by atoms with Crippen molar-refractivity contribution in [1.29, 1.82) is 0 Å². The summed E-state index contributed by atoms with van der Waals surface area (Å²) in [4.78, 5) is 14.7. The van der Waals surface area contributed by atoms with E-state index >= 15 is 0 Å². The zero-order chi connectivity index (χ0) is 20.4. The minimum Gasteiger partial charge on any atom is -0.476 e. The van der Waals surface area contributed by atoms with Crippen molar-refractivity contribution in [3.63, 3.8) is 0 Å². The van der Waals surface area contributed by atoms with Gasteiger partial charge < -0.3 is 25.4 Å². The van der Waals surface area contributed by atoms with Gasteiger partial charge in [0.1, 0.15) is 16.7 Å². The first-order chi connectivity index (χ1) is 14.0. The average Bonchev–Trinajstić information content (AvgIpc) is 2.64. The number of halogens is 2. The maximum absolute atomic E-state index is 6.03. The molecular formula is C19H24Cl2N6O2. The summed E-state index contributed by atoms with van der Waals surface area (Å²) in [5.74, 6) is 1.88. The zero-order valence-corrected chi connectivity index (χ0v) is 17.7. The van der Waals surface area contributed by atoms with Gasteiger partial charge in [-0.05, 0) is 43.0 Å². The first-order valence-corrected chi connectivity index (χ1v) is 10.3. The second-order valence-corrected chi connectivity index (χ2v) is 8.40. The van der Waals surface area contributed by atoms with Crippen LogP contribution in [0.5, 0.6) is 5.88 Å². The van der Waals surface area contributed by atoms with E-state index in [9.17, 15) is 0 Å². The summed E-state index contributed by atoms with van der Waals surface area (Å²) in [6.07, 6.45) is 4.86. The predicted octanol–water partition coefficient (Wildman–Crippen LogP) is 3.26. The summed E-state index contributed by atoms with van der Waals surface area (Å²) in [5.41, 5.74) is 6.97. The zero-order valence-electron chi connectivity index (χ0n) is 16.2. The van der Waals surface area contributed by atoms with Crippen LogP contribution in [0.25, 0.3) is 0 Å². The number of nitrogens with one attached hydrogen (secondary N) is 1. The Morgan fingerprint density at radius 3 is 2.83 bits per heavy atom. The Labute approximate surface area is 179 Å². The maximum Gasteiger partial charge on any atom is 0.239 e. The molecule has 0 aromatic carbocycles. The van der Waals surface area contributed by atoms with E-state index < -0.39 is 0 Å². The molecule has 4 rings (SSSR count). The van der Waals surface area contributed by atoms with Gasteiger partial charge >= 0.3 is 0 Å². The number of nitrogen functional groups attached to an aromatic ring is 1. The third-order valence-electron chi connectivity index (χ3n) is 5.47. The van der Waals surface area contributed by atoms with Crippen molar-refractivity contribution < 1.29 is 9.47 Å². The predicted molar refractivity (Wildman–Crippen MR) is 114 cm³/mol. The van der Waals surface area contributed by atoms with Crippen LogP contribution in [-0.2, 0) is 4.74 Å². The van der Waals surface area contributed by atoms with Crippen LogP contribution >= 0.6 is 23.2 Å². The molecule has 1 aliphatic heterocycles. The summed E-state index contributed by atoms with van der Waals surface area (Å²) >= 11 is 11.8. The van der Waals surface area contributed by atoms with Crippen LogP contribution in [-0.4, -0.2) is 54.4 Å². The molecule has 3 N–H and O–H groups in total. The topological polar surface area (TPSA) is 98.4 Å². The second kappa shape index (κ2) is 8.38. The summed E-state index contributed by atoms with van der Waals surface area (Å²) in [5, 5.41) is 3.68. The summed E-state index contributed by atoms with van der Waals surface area (Å²) in [6, 6.07) is 3.80. The lowest BCUT2D eigenvalue weighted by Crippen LogP contribution is -2.64. The fraction of sp³-hybridized carbons (Fsp3) is 0.526. The largest absolute Gasteiger partial charge is 0.476 e. The van der Waals surface area contributed by atoms with Gasteiger partial charge in [0.25, 0.3) is 0 Å². The van der Waals surface area contributed by atoms with Crippen molar-refractivity contribution in [3.8, 4) is 5.88 Å². The lowest BCUT2D eigenvalue weighted by Gasteiger charge is -2.59. The van der Waals surface area contributed by atoms with E-state index in [-0.39, 0.29) is 5.28 Å². The third-order valence-corrected chi connectivity index (χ3v) is 5.93. The van der Waals surface area contributed by atoms with E-state index in [4.69, 9.17) is 38.4 Å². The van der Waals surface area contributed by atoms with Crippen molar-refractivity contribution >= 4 is 40.5 Å². The van der Waals surface area contributed by atoms with Gasteiger partial charge in [-0.15, -0.1) is 0 Å². The average molecular weight is 439 g/mol. The van der Waals surface area contributed by atoms with Gasteiger partial charge in [0.2, 0.25) is 11.2 Å². The lowest BCUT2D eigenvalue weighted by molar-refractivity contribution is -0.0733. The van der Waals surface area contributed by atoms with Crippen LogP contribution in [0.3, 0.4) is 0 Å². The molecule has 29 heavy (non-hydrogen) atoms. The van der Waals surface area contributed by atoms with Crippen LogP contribution in [0.2, 0.25) is 10.3 Å². The Hall–Kier alpha value is -2.03. The van der Waals surface area contributed by atoms with Crippen LogP contribution in [0, 0.1) is 5.41 Å². The van der Waals surface area contributed by atoms with Gasteiger partial charge in [0, 0.05) is 32.2 Å². The number of nitrogens with two attached hydrogens (primary N) is 1. The van der Waals surface area contributed by atoms with Gasteiger partial charge in [0.05, 0.1) is 24.6 Å². The van der Waals surface area contributed by atoms with Crippen LogP contribution < -0.4 is 20.7 Å². The van der Waals surface area contributed by atoms with E-state index in [2.05, 4.69) is 25.2 Å².